The van der Waals surface area contributed by atoms with E-state index in [0.29, 0.717) is 6.42 Å². The van der Waals surface area contributed by atoms with Crippen LogP contribution in [0.2, 0.25) is 0 Å². The van der Waals surface area contributed by atoms with Gasteiger partial charge in [0.15, 0.2) is 0 Å². The number of terminal acetylenes is 1. The normalized spacial score (nSPS) is 15.6. The van der Waals surface area contributed by atoms with Gasteiger partial charge in [0.2, 0.25) is 0 Å². The molecule has 18 heavy (non-hydrogen) atoms. The Balaban J connectivity index is 4.63. The van der Waals surface area contributed by atoms with E-state index in [-0.39, 0.29) is 5.60 Å². The highest BCUT2D eigenvalue weighted by Gasteiger charge is 2.24. The predicted molar refractivity (Wildman–Crippen MR) is 78.8 cm³/mol. The van der Waals surface area contributed by atoms with Gasteiger partial charge in [-0.15, -0.1) is 12.3 Å². The molecule has 0 saturated heterocycles. The molecule has 0 aromatic carbocycles. The maximum Gasteiger partial charge on any atom is 0.0905 e. The number of nitrogens with two attached hydrogens (primary N) is 1. The van der Waals surface area contributed by atoms with E-state index in [2.05, 4.69) is 38.8 Å². The summed E-state index contributed by atoms with van der Waals surface area (Å²) in [5.74, 6) is 8.07. The highest BCUT2D eigenvalue weighted by molar-refractivity contribution is 5.21. The largest absolute Gasteiger partial charge is 0.298 e. The van der Waals surface area contributed by atoms with Crippen LogP contribution in [-0.4, -0.2) is 5.60 Å². The fourth-order valence-corrected chi connectivity index (χ4v) is 1.91. The molecular weight excluding hydrogens is 222 g/mol. The van der Waals surface area contributed by atoms with E-state index in [1.54, 1.807) is 0 Å². The summed E-state index contributed by atoms with van der Waals surface area (Å²) in [6.45, 7) is 6.37. The van der Waals surface area contributed by atoms with Gasteiger partial charge in [0.25, 0.3) is 0 Å². The molecule has 2 nitrogen and oxygen atoms in total. The smallest absolute Gasteiger partial charge is 0.0905 e. The van der Waals surface area contributed by atoms with E-state index < -0.39 is 0 Å². The lowest BCUT2D eigenvalue weighted by molar-refractivity contribution is -0.0403. The molecular formula is C16H27NO. The van der Waals surface area contributed by atoms with Crippen LogP contribution in [0.5, 0.6) is 0 Å². The summed E-state index contributed by atoms with van der Waals surface area (Å²) in [4.78, 5) is 5.21. The molecule has 0 heterocycles. The molecule has 0 aromatic heterocycles. The Hall–Kier alpha value is -1.04. The first-order chi connectivity index (χ1) is 8.61. The highest BCUT2D eigenvalue weighted by atomic mass is 16.6. The molecule has 0 rings (SSSR count). The molecule has 0 radical (unpaired) electrons. The SMILES string of the molecule is C#CC/C=C\C(=C/CC)CC(C)(CCCC)ON. The Morgan fingerprint density at radius 2 is 2.17 bits per heavy atom. The molecule has 0 saturated carbocycles. The second kappa shape index (κ2) is 9.94. The topological polar surface area (TPSA) is 35.2 Å². The van der Waals surface area contributed by atoms with Crippen molar-refractivity contribution >= 4 is 0 Å². The number of unbranched alkanes of at least 4 members (excludes halogenated alkanes) is 1. The van der Waals surface area contributed by atoms with Crippen molar-refractivity contribution in [3.05, 3.63) is 23.8 Å². The van der Waals surface area contributed by atoms with Crippen LogP contribution in [0.25, 0.3) is 0 Å². The zero-order valence-corrected chi connectivity index (χ0v) is 12.0. The minimum absolute atomic E-state index is 0.280. The Morgan fingerprint density at radius 3 is 2.67 bits per heavy atom. The van der Waals surface area contributed by atoms with Crippen LogP contribution >= 0.6 is 0 Å². The Labute approximate surface area is 112 Å². The first-order valence-corrected chi connectivity index (χ1v) is 6.78. The van der Waals surface area contributed by atoms with Crippen molar-refractivity contribution in [3.8, 4) is 12.3 Å². The summed E-state index contributed by atoms with van der Waals surface area (Å²) in [6.07, 6.45) is 17.3. The fourth-order valence-electron chi connectivity index (χ4n) is 1.91. The lowest BCUT2D eigenvalue weighted by atomic mass is 9.90. The lowest BCUT2D eigenvalue weighted by Gasteiger charge is -2.27. The summed E-state index contributed by atoms with van der Waals surface area (Å²) in [7, 11) is 0. The minimum Gasteiger partial charge on any atom is -0.298 e. The lowest BCUT2D eigenvalue weighted by Crippen LogP contribution is -2.32. The molecule has 2 N–H and O–H groups in total. The zero-order chi connectivity index (χ0) is 13.9. The average molecular weight is 249 g/mol. The third kappa shape index (κ3) is 7.32. The molecule has 1 atom stereocenters. The molecule has 1 unspecified atom stereocenters. The van der Waals surface area contributed by atoms with Crippen LogP contribution in [0.3, 0.4) is 0 Å². The Kier molecular flexibility index (Phi) is 9.36. The van der Waals surface area contributed by atoms with Gasteiger partial charge in [0.05, 0.1) is 5.60 Å². The van der Waals surface area contributed by atoms with Crippen LogP contribution in [0, 0.1) is 12.3 Å². The third-order valence-electron chi connectivity index (χ3n) is 2.96. The van der Waals surface area contributed by atoms with Crippen LogP contribution in [0.1, 0.15) is 59.3 Å². The molecule has 0 aliphatic rings. The van der Waals surface area contributed by atoms with Gasteiger partial charge in [-0.1, -0.05) is 44.9 Å². The summed E-state index contributed by atoms with van der Waals surface area (Å²) < 4.78 is 0. The van der Waals surface area contributed by atoms with Crippen molar-refractivity contribution in [1.82, 2.24) is 0 Å². The molecule has 0 aromatic rings. The van der Waals surface area contributed by atoms with Gasteiger partial charge < -0.3 is 0 Å². The molecule has 0 fully saturated rings. The first kappa shape index (κ1) is 17.0. The van der Waals surface area contributed by atoms with Gasteiger partial charge in [-0.25, -0.2) is 5.90 Å². The molecule has 0 bridgehead atoms. The third-order valence-corrected chi connectivity index (χ3v) is 2.96. The molecule has 102 valence electrons. The number of allylic oxidation sites excluding steroid dienone is 3. The summed E-state index contributed by atoms with van der Waals surface area (Å²) in [5, 5.41) is 0. The first-order valence-electron chi connectivity index (χ1n) is 6.78. The van der Waals surface area contributed by atoms with Gasteiger partial charge >= 0.3 is 0 Å². The molecule has 0 spiro atoms. The van der Waals surface area contributed by atoms with Gasteiger partial charge in [-0.05, 0) is 25.3 Å². The van der Waals surface area contributed by atoms with Crippen LogP contribution < -0.4 is 5.90 Å². The standard InChI is InChI=1S/C16H27NO/c1-5-8-10-12-15(11-7-3)14-16(4,18-17)13-9-6-2/h1,10-12H,6-9,13-14,17H2,2-4H3/b12-10-,15-11+. The van der Waals surface area contributed by atoms with Crippen molar-refractivity contribution in [2.75, 3.05) is 0 Å². The van der Waals surface area contributed by atoms with E-state index in [9.17, 15) is 0 Å². The minimum atomic E-state index is -0.280. The second-order valence-electron chi connectivity index (χ2n) is 4.85. The van der Waals surface area contributed by atoms with E-state index in [1.165, 1.54) is 5.57 Å². The van der Waals surface area contributed by atoms with Crippen molar-refractivity contribution in [2.24, 2.45) is 5.90 Å². The molecule has 0 aliphatic heterocycles. The average Bonchev–Trinajstić information content (AvgIpc) is 2.37. The Bertz CT molecular complexity index is 312. The van der Waals surface area contributed by atoms with Gasteiger partial charge in [-0.3, -0.25) is 4.84 Å². The number of hydrogen-bond donors (Lipinski definition) is 1. The van der Waals surface area contributed by atoms with Gasteiger partial charge in [0, 0.05) is 12.8 Å². The maximum absolute atomic E-state index is 5.46. The van der Waals surface area contributed by atoms with Crippen molar-refractivity contribution in [1.29, 1.82) is 0 Å². The van der Waals surface area contributed by atoms with Crippen molar-refractivity contribution in [3.63, 3.8) is 0 Å². The van der Waals surface area contributed by atoms with E-state index in [1.807, 2.05) is 6.08 Å². The van der Waals surface area contributed by atoms with E-state index in [4.69, 9.17) is 17.2 Å². The van der Waals surface area contributed by atoms with Crippen molar-refractivity contribution < 1.29 is 4.84 Å². The molecule has 2 heteroatoms. The monoisotopic (exact) mass is 249 g/mol. The van der Waals surface area contributed by atoms with Crippen LogP contribution in [0.15, 0.2) is 23.8 Å². The Morgan fingerprint density at radius 1 is 1.44 bits per heavy atom. The second-order valence-corrected chi connectivity index (χ2v) is 4.85. The fraction of sp³-hybridized carbons (Fsp3) is 0.625. The molecule has 0 amide bonds. The summed E-state index contributed by atoms with van der Waals surface area (Å²) in [5.41, 5.74) is 0.967. The van der Waals surface area contributed by atoms with Crippen LogP contribution in [0.4, 0.5) is 0 Å². The maximum atomic E-state index is 5.46. The van der Waals surface area contributed by atoms with Gasteiger partial charge in [0.1, 0.15) is 0 Å². The molecule has 0 aliphatic carbocycles. The quantitative estimate of drug-likeness (QED) is 0.379. The van der Waals surface area contributed by atoms with E-state index in [0.717, 1.165) is 32.1 Å². The highest BCUT2D eigenvalue weighted by Crippen LogP contribution is 2.26. The number of hydrogen-bond acceptors (Lipinski definition) is 2. The summed E-state index contributed by atoms with van der Waals surface area (Å²) in [6, 6.07) is 0. The van der Waals surface area contributed by atoms with Gasteiger partial charge in [-0.2, -0.15) is 0 Å². The van der Waals surface area contributed by atoms with Crippen molar-refractivity contribution in [2.45, 2.75) is 64.9 Å². The van der Waals surface area contributed by atoms with Crippen LogP contribution in [-0.2, 0) is 4.84 Å². The number of rotatable bonds is 9. The predicted octanol–water partition coefficient (Wildman–Crippen LogP) is 4.13. The summed E-state index contributed by atoms with van der Waals surface area (Å²) >= 11 is 0. The van der Waals surface area contributed by atoms with E-state index >= 15 is 0 Å². The zero-order valence-electron chi connectivity index (χ0n) is 12.0.